The second-order valence-corrected chi connectivity index (χ2v) is 8.82. The van der Waals surface area contributed by atoms with E-state index >= 15 is 0 Å². The highest BCUT2D eigenvalue weighted by Crippen LogP contribution is 2.19. The van der Waals surface area contributed by atoms with Gasteiger partial charge >= 0.3 is 0 Å². The molecule has 2 N–H and O–H groups in total. The van der Waals surface area contributed by atoms with E-state index in [4.69, 9.17) is 5.73 Å². The second kappa shape index (κ2) is 6.67. The Morgan fingerprint density at radius 2 is 1.68 bits per heavy atom. The van der Waals surface area contributed by atoms with Crippen LogP contribution < -0.4 is 5.73 Å². The number of nitrogens with two attached hydrogens (primary N) is 1. The van der Waals surface area contributed by atoms with Gasteiger partial charge in [0.15, 0.2) is 0 Å². The lowest BCUT2D eigenvalue weighted by atomic mass is 10.0. The van der Waals surface area contributed by atoms with Gasteiger partial charge in [-0.2, -0.15) is 0 Å². The van der Waals surface area contributed by atoms with Crippen molar-refractivity contribution >= 4 is 10.8 Å². The molecule has 108 valence electrons. The summed E-state index contributed by atoms with van der Waals surface area (Å²) in [4.78, 5) is 0. The van der Waals surface area contributed by atoms with Crippen LogP contribution in [0.2, 0.25) is 0 Å². The Kier molecular flexibility index (Phi) is 5.75. The van der Waals surface area contributed by atoms with E-state index in [1.807, 2.05) is 20.8 Å². The Bertz CT molecular complexity index is 417. The molecule has 2 unspecified atom stereocenters. The molecule has 0 aliphatic carbocycles. The third-order valence-corrected chi connectivity index (χ3v) is 5.09. The summed E-state index contributed by atoms with van der Waals surface area (Å²) in [6.45, 7) is 10.4. The average molecular weight is 281 g/mol. The van der Waals surface area contributed by atoms with Crippen molar-refractivity contribution in [1.82, 2.24) is 0 Å². The Balaban J connectivity index is 2.68. The molecule has 19 heavy (non-hydrogen) atoms. The van der Waals surface area contributed by atoms with Crippen molar-refractivity contribution in [1.29, 1.82) is 0 Å². The molecule has 0 aromatic heterocycles. The van der Waals surface area contributed by atoms with Crippen LogP contribution in [0, 0.1) is 5.92 Å². The largest absolute Gasteiger partial charge is 0.323 e. The zero-order valence-corrected chi connectivity index (χ0v) is 13.6. The van der Waals surface area contributed by atoms with Crippen LogP contribution in [0.15, 0.2) is 24.3 Å². The third-order valence-electron chi connectivity index (χ3n) is 3.07. The molecule has 1 rings (SSSR count). The summed E-state index contributed by atoms with van der Waals surface area (Å²) in [5.41, 5.74) is 8.56. The predicted molar refractivity (Wildman–Crippen MR) is 84.7 cm³/mol. The van der Waals surface area contributed by atoms with Crippen LogP contribution >= 0.6 is 0 Å². The fraction of sp³-hybridized carbons (Fsp3) is 0.625. The molecule has 0 radical (unpaired) electrons. The van der Waals surface area contributed by atoms with Gasteiger partial charge in [0.2, 0.25) is 0 Å². The van der Waals surface area contributed by atoms with E-state index in [-0.39, 0.29) is 10.8 Å². The van der Waals surface area contributed by atoms with Crippen molar-refractivity contribution in [3.63, 3.8) is 0 Å². The first kappa shape index (κ1) is 16.4. The van der Waals surface area contributed by atoms with E-state index in [2.05, 4.69) is 38.1 Å². The van der Waals surface area contributed by atoms with Gasteiger partial charge in [-0.1, -0.05) is 38.1 Å². The minimum Gasteiger partial charge on any atom is -0.323 e. The molecular weight excluding hydrogens is 254 g/mol. The van der Waals surface area contributed by atoms with Crippen LogP contribution in [0.1, 0.15) is 51.8 Å². The highest BCUT2D eigenvalue weighted by molar-refractivity contribution is 7.86. The quantitative estimate of drug-likeness (QED) is 0.898. The minimum atomic E-state index is -0.907. The van der Waals surface area contributed by atoms with Crippen LogP contribution in [0.5, 0.6) is 0 Å². The fourth-order valence-corrected chi connectivity index (χ4v) is 2.90. The first-order valence-corrected chi connectivity index (χ1v) is 8.25. The van der Waals surface area contributed by atoms with Crippen LogP contribution in [0.4, 0.5) is 0 Å². The number of rotatable bonds is 5. The molecule has 0 saturated heterocycles. The van der Waals surface area contributed by atoms with Crippen LogP contribution in [-0.2, 0) is 17.2 Å². The summed E-state index contributed by atoms with van der Waals surface area (Å²) in [6, 6.07) is 8.27. The van der Waals surface area contributed by atoms with E-state index in [0.29, 0.717) is 11.7 Å². The monoisotopic (exact) mass is 281 g/mol. The molecule has 0 spiro atoms. The standard InChI is InChI=1S/C16H27NOS/c1-12(2)10-13-6-8-14(9-7-13)15(17)11-19(18)16(3,4)5/h6-9,12,15H,10-11,17H2,1-5H3. The Morgan fingerprint density at radius 1 is 1.16 bits per heavy atom. The number of benzene rings is 1. The molecule has 0 aliphatic rings. The van der Waals surface area contributed by atoms with Gasteiger partial charge in [-0.05, 0) is 44.2 Å². The highest BCUT2D eigenvalue weighted by Gasteiger charge is 2.22. The van der Waals surface area contributed by atoms with Crippen molar-refractivity contribution in [2.24, 2.45) is 11.7 Å². The topological polar surface area (TPSA) is 43.1 Å². The minimum absolute atomic E-state index is 0.145. The van der Waals surface area contributed by atoms with E-state index in [0.717, 1.165) is 12.0 Å². The fourth-order valence-electron chi connectivity index (χ4n) is 1.88. The molecule has 0 saturated carbocycles. The summed E-state index contributed by atoms with van der Waals surface area (Å²) < 4.78 is 11.9. The van der Waals surface area contributed by atoms with Gasteiger partial charge in [-0.25, -0.2) is 0 Å². The molecule has 0 bridgehead atoms. The van der Waals surface area contributed by atoms with Gasteiger partial charge in [-0.3, -0.25) is 4.21 Å². The molecule has 3 heteroatoms. The van der Waals surface area contributed by atoms with Gasteiger partial charge in [0, 0.05) is 27.3 Å². The molecule has 0 fully saturated rings. The Hall–Kier alpha value is -0.670. The molecule has 2 atom stereocenters. The summed E-state index contributed by atoms with van der Waals surface area (Å²) in [5.74, 6) is 1.18. The Morgan fingerprint density at radius 3 is 2.11 bits per heavy atom. The lowest BCUT2D eigenvalue weighted by Crippen LogP contribution is -2.29. The lowest BCUT2D eigenvalue weighted by molar-refractivity contribution is 0.640. The van der Waals surface area contributed by atoms with E-state index in [9.17, 15) is 4.21 Å². The van der Waals surface area contributed by atoms with Crippen molar-refractivity contribution < 1.29 is 4.21 Å². The Labute approximate surface area is 120 Å². The van der Waals surface area contributed by atoms with Crippen LogP contribution in [0.3, 0.4) is 0 Å². The maximum absolute atomic E-state index is 12.1. The lowest BCUT2D eigenvalue weighted by Gasteiger charge is -2.21. The maximum atomic E-state index is 12.1. The van der Waals surface area contributed by atoms with Crippen molar-refractivity contribution in [2.45, 2.75) is 51.8 Å². The number of hydrogen-bond donors (Lipinski definition) is 1. The second-order valence-electron chi connectivity index (χ2n) is 6.57. The summed E-state index contributed by atoms with van der Waals surface area (Å²) >= 11 is 0. The number of hydrogen-bond acceptors (Lipinski definition) is 2. The average Bonchev–Trinajstić information content (AvgIpc) is 2.27. The normalized spacial score (nSPS) is 15.5. The van der Waals surface area contributed by atoms with Crippen molar-refractivity contribution in [3.05, 3.63) is 35.4 Å². The van der Waals surface area contributed by atoms with Crippen LogP contribution in [-0.4, -0.2) is 14.7 Å². The zero-order chi connectivity index (χ0) is 14.6. The predicted octanol–water partition coefficient (Wildman–Crippen LogP) is 3.43. The third kappa shape index (κ3) is 5.45. The van der Waals surface area contributed by atoms with Gasteiger partial charge < -0.3 is 5.73 Å². The smallest absolute Gasteiger partial charge is 0.0433 e. The van der Waals surface area contributed by atoms with Crippen molar-refractivity contribution in [2.75, 3.05) is 5.75 Å². The van der Waals surface area contributed by atoms with Gasteiger partial charge in [0.25, 0.3) is 0 Å². The SMILES string of the molecule is CC(C)Cc1ccc(C(N)CS(=O)C(C)(C)C)cc1. The summed E-state index contributed by atoms with van der Waals surface area (Å²) in [5, 5.41) is 0. The maximum Gasteiger partial charge on any atom is 0.0433 e. The molecule has 0 heterocycles. The molecule has 0 aliphatic heterocycles. The van der Waals surface area contributed by atoms with Gasteiger partial charge in [0.05, 0.1) is 0 Å². The first-order valence-electron chi connectivity index (χ1n) is 6.93. The van der Waals surface area contributed by atoms with E-state index in [1.54, 1.807) is 0 Å². The van der Waals surface area contributed by atoms with E-state index < -0.39 is 10.8 Å². The van der Waals surface area contributed by atoms with Gasteiger partial charge in [0.1, 0.15) is 0 Å². The molecule has 0 amide bonds. The molecule has 1 aromatic carbocycles. The summed E-state index contributed by atoms with van der Waals surface area (Å²) in [6.07, 6.45) is 1.09. The van der Waals surface area contributed by atoms with Crippen molar-refractivity contribution in [3.8, 4) is 0 Å². The zero-order valence-electron chi connectivity index (χ0n) is 12.8. The van der Waals surface area contributed by atoms with Crippen LogP contribution in [0.25, 0.3) is 0 Å². The van der Waals surface area contributed by atoms with E-state index in [1.165, 1.54) is 5.56 Å². The molecule has 2 nitrogen and oxygen atoms in total. The van der Waals surface area contributed by atoms with Gasteiger partial charge in [-0.15, -0.1) is 0 Å². The first-order chi connectivity index (χ1) is 8.70. The molecular formula is C16H27NOS. The molecule has 1 aromatic rings. The highest BCUT2D eigenvalue weighted by atomic mass is 32.2. The summed E-state index contributed by atoms with van der Waals surface area (Å²) in [7, 11) is -0.907.